The molecule has 0 heterocycles. The molecular weight excluding hydrogens is 206 g/mol. The second-order valence-electron chi connectivity index (χ2n) is 3.97. The smallest absolute Gasteiger partial charge is 0.221 e. The van der Waals surface area contributed by atoms with Crippen molar-refractivity contribution in [1.29, 1.82) is 0 Å². The Morgan fingerprint density at radius 3 is 2.29 bits per heavy atom. The van der Waals surface area contributed by atoms with Gasteiger partial charge in [-0.2, -0.15) is 0 Å². The summed E-state index contributed by atoms with van der Waals surface area (Å²) in [6.45, 7) is 3.13. The van der Waals surface area contributed by atoms with Crippen LogP contribution < -0.4 is 5.32 Å². The van der Waals surface area contributed by atoms with Crippen LogP contribution in [0.1, 0.15) is 20.3 Å². The average Bonchev–Trinajstić information content (AvgIpc) is 1.99. The number of hydrogen-bond acceptors (Lipinski definition) is 4. The summed E-state index contributed by atoms with van der Waals surface area (Å²) in [5.74, 6) is -0.533. The minimum Gasteiger partial charge on any atom is -0.394 e. The highest BCUT2D eigenvalue weighted by Crippen LogP contribution is 2.00. The van der Waals surface area contributed by atoms with E-state index in [0.29, 0.717) is 0 Å². The third-order valence-corrected chi connectivity index (χ3v) is 2.52. The lowest BCUT2D eigenvalue weighted by Crippen LogP contribution is -2.46. The van der Waals surface area contributed by atoms with Crippen LogP contribution >= 0.6 is 0 Å². The molecule has 5 nitrogen and oxygen atoms in total. The van der Waals surface area contributed by atoms with E-state index >= 15 is 0 Å². The molecule has 0 rings (SSSR count). The Morgan fingerprint density at radius 2 is 1.93 bits per heavy atom. The molecule has 0 aromatic heterocycles. The van der Waals surface area contributed by atoms with Crippen LogP contribution in [0.5, 0.6) is 0 Å². The highest BCUT2D eigenvalue weighted by atomic mass is 32.2. The fraction of sp³-hybridized carbons (Fsp3) is 0.875. The third kappa shape index (κ3) is 6.85. The Hall–Kier alpha value is -0.620. The molecule has 0 aliphatic heterocycles. The van der Waals surface area contributed by atoms with Crippen molar-refractivity contribution in [2.24, 2.45) is 0 Å². The molecule has 0 unspecified atom stereocenters. The first kappa shape index (κ1) is 13.4. The van der Waals surface area contributed by atoms with Crippen LogP contribution in [0, 0.1) is 0 Å². The molecule has 0 aliphatic carbocycles. The van der Waals surface area contributed by atoms with E-state index in [9.17, 15) is 13.2 Å². The van der Waals surface area contributed by atoms with Gasteiger partial charge in [-0.05, 0) is 13.8 Å². The van der Waals surface area contributed by atoms with Crippen molar-refractivity contribution in [3.63, 3.8) is 0 Å². The van der Waals surface area contributed by atoms with E-state index in [4.69, 9.17) is 5.11 Å². The van der Waals surface area contributed by atoms with Crippen molar-refractivity contribution in [1.82, 2.24) is 5.32 Å². The molecule has 14 heavy (non-hydrogen) atoms. The first-order valence-electron chi connectivity index (χ1n) is 4.26. The van der Waals surface area contributed by atoms with Gasteiger partial charge >= 0.3 is 0 Å². The standard InChI is InChI=1S/C8H17NO4S/c1-8(2,6-10)9-7(11)4-5-14(3,12)13/h10H,4-6H2,1-3H3,(H,9,11). The average molecular weight is 223 g/mol. The van der Waals surface area contributed by atoms with Gasteiger partial charge in [0.1, 0.15) is 9.84 Å². The first-order chi connectivity index (χ1) is 6.16. The Balaban J connectivity index is 4.01. The number of carbonyl (C=O) groups excluding carboxylic acids is 1. The Labute approximate surface area is 84.4 Å². The molecule has 0 spiro atoms. The molecule has 84 valence electrons. The summed E-state index contributed by atoms with van der Waals surface area (Å²) < 4.78 is 21.5. The topological polar surface area (TPSA) is 83.5 Å². The molecule has 0 atom stereocenters. The van der Waals surface area contributed by atoms with Crippen LogP contribution in [0.2, 0.25) is 0 Å². The van der Waals surface area contributed by atoms with Crippen LogP contribution in [0.15, 0.2) is 0 Å². The van der Waals surface area contributed by atoms with Crippen molar-refractivity contribution in [3.8, 4) is 0 Å². The second-order valence-corrected chi connectivity index (χ2v) is 6.23. The summed E-state index contributed by atoms with van der Waals surface area (Å²) in [6.07, 6.45) is 1.01. The Morgan fingerprint density at radius 1 is 1.43 bits per heavy atom. The Bertz CT molecular complexity index is 294. The summed E-state index contributed by atoms with van der Waals surface area (Å²) in [6, 6.07) is 0. The predicted octanol–water partition coefficient (Wildman–Crippen LogP) is -0.692. The monoisotopic (exact) mass is 223 g/mol. The Kier molecular flexibility index (Phi) is 4.54. The van der Waals surface area contributed by atoms with Crippen molar-refractivity contribution in [3.05, 3.63) is 0 Å². The van der Waals surface area contributed by atoms with Crippen LogP contribution in [-0.2, 0) is 14.6 Å². The van der Waals surface area contributed by atoms with E-state index in [1.165, 1.54) is 0 Å². The minimum absolute atomic E-state index is 0.0672. The van der Waals surface area contributed by atoms with E-state index in [-0.39, 0.29) is 24.7 Å². The molecular formula is C8H17NO4S. The minimum atomic E-state index is -3.10. The highest BCUT2D eigenvalue weighted by molar-refractivity contribution is 7.90. The molecule has 2 N–H and O–H groups in total. The zero-order valence-electron chi connectivity index (χ0n) is 8.70. The van der Waals surface area contributed by atoms with E-state index in [0.717, 1.165) is 6.26 Å². The van der Waals surface area contributed by atoms with Gasteiger partial charge in [-0.15, -0.1) is 0 Å². The van der Waals surface area contributed by atoms with Gasteiger partial charge in [-0.1, -0.05) is 0 Å². The second kappa shape index (κ2) is 4.75. The zero-order chi connectivity index (χ0) is 11.4. The summed E-state index contributed by atoms with van der Waals surface area (Å²) in [5.41, 5.74) is -0.700. The molecule has 0 radical (unpaired) electrons. The van der Waals surface area contributed by atoms with Gasteiger partial charge in [0.05, 0.1) is 17.9 Å². The molecule has 0 aromatic carbocycles. The first-order valence-corrected chi connectivity index (χ1v) is 6.32. The lowest BCUT2D eigenvalue weighted by molar-refractivity contribution is -0.122. The number of amides is 1. The highest BCUT2D eigenvalue weighted by Gasteiger charge is 2.19. The maximum atomic E-state index is 11.2. The number of hydrogen-bond donors (Lipinski definition) is 2. The molecule has 0 fully saturated rings. The van der Waals surface area contributed by atoms with Crippen LogP contribution in [0.25, 0.3) is 0 Å². The van der Waals surface area contributed by atoms with Gasteiger partial charge < -0.3 is 10.4 Å². The maximum absolute atomic E-state index is 11.2. The number of aliphatic hydroxyl groups is 1. The van der Waals surface area contributed by atoms with Crippen LogP contribution in [0.4, 0.5) is 0 Å². The molecule has 0 saturated heterocycles. The van der Waals surface area contributed by atoms with Crippen molar-refractivity contribution < 1.29 is 18.3 Å². The number of rotatable bonds is 5. The lowest BCUT2D eigenvalue weighted by atomic mass is 10.1. The van der Waals surface area contributed by atoms with E-state index in [1.807, 2.05) is 0 Å². The number of sulfone groups is 1. The van der Waals surface area contributed by atoms with Crippen LogP contribution in [0.3, 0.4) is 0 Å². The normalized spacial score (nSPS) is 12.6. The molecule has 1 amide bonds. The van der Waals surface area contributed by atoms with Gasteiger partial charge in [-0.3, -0.25) is 4.79 Å². The molecule has 0 aromatic rings. The van der Waals surface area contributed by atoms with Gasteiger partial charge in [0.25, 0.3) is 0 Å². The van der Waals surface area contributed by atoms with E-state index in [1.54, 1.807) is 13.8 Å². The van der Waals surface area contributed by atoms with Gasteiger partial charge in [0.15, 0.2) is 0 Å². The molecule has 0 saturated carbocycles. The van der Waals surface area contributed by atoms with E-state index < -0.39 is 15.4 Å². The number of carbonyl (C=O) groups is 1. The van der Waals surface area contributed by atoms with E-state index in [2.05, 4.69) is 5.32 Å². The lowest BCUT2D eigenvalue weighted by Gasteiger charge is -2.23. The SMILES string of the molecule is CC(C)(CO)NC(=O)CCS(C)(=O)=O. The predicted molar refractivity (Wildman–Crippen MR) is 53.6 cm³/mol. The fourth-order valence-corrected chi connectivity index (χ4v) is 1.31. The van der Waals surface area contributed by atoms with Gasteiger partial charge in [0, 0.05) is 12.7 Å². The quantitative estimate of drug-likeness (QED) is 0.646. The van der Waals surface area contributed by atoms with Crippen molar-refractivity contribution in [2.75, 3.05) is 18.6 Å². The maximum Gasteiger partial charge on any atom is 0.221 e. The third-order valence-electron chi connectivity index (χ3n) is 1.57. The zero-order valence-corrected chi connectivity index (χ0v) is 9.52. The number of nitrogens with one attached hydrogen (secondary N) is 1. The van der Waals surface area contributed by atoms with Crippen LogP contribution in [-0.4, -0.2) is 43.6 Å². The van der Waals surface area contributed by atoms with Crippen molar-refractivity contribution in [2.45, 2.75) is 25.8 Å². The summed E-state index contributed by atoms with van der Waals surface area (Å²) in [4.78, 5) is 11.2. The van der Waals surface area contributed by atoms with Crippen molar-refractivity contribution >= 4 is 15.7 Å². The van der Waals surface area contributed by atoms with Gasteiger partial charge in [0.2, 0.25) is 5.91 Å². The number of aliphatic hydroxyl groups excluding tert-OH is 1. The summed E-state index contributed by atoms with van der Waals surface area (Å²) >= 11 is 0. The summed E-state index contributed by atoms with van der Waals surface area (Å²) in [7, 11) is -3.10. The van der Waals surface area contributed by atoms with Gasteiger partial charge in [-0.25, -0.2) is 8.42 Å². The fourth-order valence-electron chi connectivity index (χ4n) is 0.758. The summed E-state index contributed by atoms with van der Waals surface area (Å²) in [5, 5.41) is 11.4. The molecule has 0 bridgehead atoms. The molecule has 0 aliphatic rings. The molecule has 6 heteroatoms. The largest absolute Gasteiger partial charge is 0.394 e.